The summed E-state index contributed by atoms with van der Waals surface area (Å²) in [5.74, 6) is 0.539. The third-order valence-electron chi connectivity index (χ3n) is 5.74. The van der Waals surface area contributed by atoms with E-state index >= 15 is 0 Å². The second-order valence-corrected chi connectivity index (χ2v) is 16.0. The lowest BCUT2D eigenvalue weighted by Gasteiger charge is -2.45. The summed E-state index contributed by atoms with van der Waals surface area (Å²) in [6, 6.07) is 3.70. The van der Waals surface area contributed by atoms with E-state index in [9.17, 15) is 20.2 Å². The smallest absolute Gasteiger partial charge is 0.292 e. The van der Waals surface area contributed by atoms with Crippen LogP contribution in [0, 0.1) is 31.6 Å². The van der Waals surface area contributed by atoms with Gasteiger partial charge in [0.05, 0.1) is 30.1 Å². The second kappa shape index (κ2) is 8.50. The molecule has 156 valence electrons. The zero-order chi connectivity index (χ0) is 21.3. The maximum Gasteiger partial charge on any atom is 0.292 e. The lowest BCUT2D eigenvalue weighted by atomic mass is 9.71. The highest BCUT2D eigenvalue weighted by atomic mass is 32.2. The Labute approximate surface area is 171 Å². The third-order valence-corrected chi connectivity index (χ3v) is 9.49. The van der Waals surface area contributed by atoms with Gasteiger partial charge in [0.2, 0.25) is 0 Å². The van der Waals surface area contributed by atoms with Gasteiger partial charge in [-0.05, 0) is 35.8 Å². The lowest BCUT2D eigenvalue weighted by Crippen LogP contribution is -2.43. The van der Waals surface area contributed by atoms with Crippen LogP contribution in [0.2, 0.25) is 25.2 Å². The molecule has 0 aliphatic heterocycles. The number of benzene rings is 1. The number of nitrogens with zero attached hydrogens (tertiary/aromatic N) is 2. The molecule has 0 unspecified atom stereocenters. The summed E-state index contributed by atoms with van der Waals surface area (Å²) in [5, 5.41) is 22.3. The summed E-state index contributed by atoms with van der Waals surface area (Å²) in [5.41, 5.74) is 0.0971. The zero-order valence-electron chi connectivity index (χ0n) is 17.4. The average molecular weight is 427 g/mol. The number of nitro benzene ring substituents is 2. The minimum absolute atomic E-state index is 0.0319. The summed E-state index contributed by atoms with van der Waals surface area (Å²) in [6.07, 6.45) is 3.27. The largest absolute Gasteiger partial charge is 0.307 e. The van der Waals surface area contributed by atoms with Crippen molar-refractivity contribution in [1.82, 2.24) is 0 Å². The van der Waals surface area contributed by atoms with E-state index in [0.717, 1.165) is 31.0 Å². The normalized spacial score (nSPS) is 23.4. The summed E-state index contributed by atoms with van der Waals surface area (Å²) in [7, 11) is -1.47. The van der Waals surface area contributed by atoms with Crippen LogP contribution in [0.3, 0.4) is 0 Å². The fourth-order valence-electron chi connectivity index (χ4n) is 3.96. The Kier molecular flexibility index (Phi) is 6.93. The Morgan fingerprint density at radius 3 is 2.25 bits per heavy atom. The van der Waals surface area contributed by atoms with Crippen molar-refractivity contribution in [1.29, 1.82) is 0 Å². The van der Waals surface area contributed by atoms with Crippen LogP contribution in [-0.4, -0.2) is 24.0 Å². The van der Waals surface area contributed by atoms with Gasteiger partial charge in [0.1, 0.15) is 4.90 Å². The van der Waals surface area contributed by atoms with E-state index in [-0.39, 0.29) is 22.9 Å². The lowest BCUT2D eigenvalue weighted by molar-refractivity contribution is -0.396. The molecule has 1 aliphatic rings. The van der Waals surface area contributed by atoms with E-state index < -0.39 is 17.9 Å². The number of hydrogen-bond donors (Lipinski definition) is 0. The van der Waals surface area contributed by atoms with Gasteiger partial charge in [-0.2, -0.15) is 0 Å². The Bertz CT molecular complexity index is 745. The SMILES string of the molecule is CC(C)(C)[C@H]1CC[C@@H]([Si](C)(C)C)[C@H](OSc2ccc([N+](=O)[O-])cc2[N+](=O)[O-])C1. The van der Waals surface area contributed by atoms with Gasteiger partial charge < -0.3 is 4.18 Å². The highest BCUT2D eigenvalue weighted by Crippen LogP contribution is 2.48. The molecule has 0 bridgehead atoms. The first-order valence-corrected chi connectivity index (χ1v) is 13.9. The fraction of sp³-hybridized carbons (Fsp3) is 0.684. The third kappa shape index (κ3) is 5.54. The number of nitro groups is 2. The van der Waals surface area contributed by atoms with Crippen LogP contribution in [0.1, 0.15) is 40.0 Å². The van der Waals surface area contributed by atoms with Crippen molar-refractivity contribution in [2.24, 2.45) is 11.3 Å². The van der Waals surface area contributed by atoms with Crippen LogP contribution in [0.25, 0.3) is 0 Å². The first-order chi connectivity index (χ1) is 12.8. The molecule has 3 atom stereocenters. The van der Waals surface area contributed by atoms with Crippen LogP contribution < -0.4 is 0 Å². The first-order valence-electron chi connectivity index (χ1n) is 9.57. The second-order valence-electron chi connectivity index (χ2n) is 9.73. The summed E-state index contributed by atoms with van der Waals surface area (Å²) >= 11 is 0.993. The predicted octanol–water partition coefficient (Wildman–Crippen LogP) is 6.45. The van der Waals surface area contributed by atoms with Crippen molar-refractivity contribution in [2.75, 3.05) is 0 Å². The van der Waals surface area contributed by atoms with Crippen LogP contribution in [0.4, 0.5) is 11.4 Å². The summed E-state index contributed by atoms with van der Waals surface area (Å²) in [6.45, 7) is 13.8. The Morgan fingerprint density at radius 1 is 1.11 bits per heavy atom. The molecular formula is C19H30N2O5SSi. The molecule has 0 radical (unpaired) electrons. The van der Waals surface area contributed by atoms with Crippen molar-refractivity contribution in [3.05, 3.63) is 38.4 Å². The van der Waals surface area contributed by atoms with E-state index in [1.54, 1.807) is 0 Å². The molecule has 0 spiro atoms. The van der Waals surface area contributed by atoms with E-state index in [2.05, 4.69) is 40.4 Å². The van der Waals surface area contributed by atoms with Crippen LogP contribution >= 0.6 is 12.0 Å². The minimum Gasteiger partial charge on any atom is -0.307 e. The highest BCUT2D eigenvalue weighted by molar-refractivity contribution is 7.94. The number of rotatable bonds is 6. The molecule has 0 amide bonds. The maximum atomic E-state index is 11.4. The molecule has 9 heteroatoms. The van der Waals surface area contributed by atoms with E-state index in [1.807, 2.05) is 0 Å². The minimum atomic E-state index is -1.47. The molecule has 28 heavy (non-hydrogen) atoms. The van der Waals surface area contributed by atoms with Gasteiger partial charge >= 0.3 is 0 Å². The van der Waals surface area contributed by atoms with Crippen LogP contribution in [0.5, 0.6) is 0 Å². The first kappa shape index (κ1) is 22.8. The van der Waals surface area contributed by atoms with Crippen LogP contribution in [0.15, 0.2) is 23.1 Å². The van der Waals surface area contributed by atoms with E-state index in [0.29, 0.717) is 16.4 Å². The van der Waals surface area contributed by atoms with Crippen molar-refractivity contribution in [3.63, 3.8) is 0 Å². The molecule has 1 aromatic carbocycles. The molecule has 2 rings (SSSR count). The highest BCUT2D eigenvalue weighted by Gasteiger charge is 2.42. The van der Waals surface area contributed by atoms with Gasteiger partial charge in [-0.15, -0.1) is 0 Å². The van der Waals surface area contributed by atoms with E-state index in [4.69, 9.17) is 4.18 Å². The van der Waals surface area contributed by atoms with Gasteiger partial charge in [0.25, 0.3) is 11.4 Å². The molecule has 1 saturated carbocycles. The molecule has 0 aromatic heterocycles. The van der Waals surface area contributed by atoms with Gasteiger partial charge in [0, 0.05) is 18.1 Å². The Balaban J connectivity index is 2.23. The fourth-order valence-corrected chi connectivity index (χ4v) is 7.19. The molecule has 1 aliphatic carbocycles. The quantitative estimate of drug-likeness (QED) is 0.224. The molecule has 0 saturated heterocycles. The van der Waals surface area contributed by atoms with Gasteiger partial charge in [-0.1, -0.05) is 46.8 Å². The maximum absolute atomic E-state index is 11.4. The molecular weight excluding hydrogens is 396 g/mol. The number of non-ortho nitro benzene ring substituents is 1. The Hall–Kier alpha value is -1.45. The van der Waals surface area contributed by atoms with Crippen LogP contribution in [-0.2, 0) is 4.18 Å². The molecule has 1 aromatic rings. The average Bonchev–Trinajstić information content (AvgIpc) is 2.57. The monoisotopic (exact) mass is 426 g/mol. The molecule has 1 fully saturated rings. The predicted molar refractivity (Wildman–Crippen MR) is 114 cm³/mol. The van der Waals surface area contributed by atoms with Crippen molar-refractivity contribution in [2.45, 2.75) is 76.2 Å². The Morgan fingerprint density at radius 2 is 1.75 bits per heavy atom. The van der Waals surface area contributed by atoms with Crippen molar-refractivity contribution >= 4 is 31.5 Å². The molecule has 0 N–H and O–H groups in total. The topological polar surface area (TPSA) is 95.5 Å². The van der Waals surface area contributed by atoms with Gasteiger partial charge in [-0.25, -0.2) is 0 Å². The zero-order valence-corrected chi connectivity index (χ0v) is 19.2. The van der Waals surface area contributed by atoms with Gasteiger partial charge in [0.15, 0.2) is 0 Å². The summed E-state index contributed by atoms with van der Waals surface area (Å²) in [4.78, 5) is 21.4. The standard InChI is InChI=1S/C19H30N2O5SSi/c1-19(2,3)13-7-10-18(28(4,5)6)16(11-13)26-27-17-9-8-14(20(22)23)12-15(17)21(24)25/h8-9,12-13,16,18H,7,10-11H2,1-6H3/t13-,16+,18+/m0/s1. The van der Waals surface area contributed by atoms with Crippen molar-refractivity contribution < 1.29 is 14.0 Å². The van der Waals surface area contributed by atoms with Crippen molar-refractivity contribution in [3.8, 4) is 0 Å². The molecule has 7 nitrogen and oxygen atoms in total. The summed E-state index contributed by atoms with van der Waals surface area (Å²) < 4.78 is 6.20. The van der Waals surface area contributed by atoms with E-state index in [1.165, 1.54) is 18.6 Å². The van der Waals surface area contributed by atoms with Gasteiger partial charge in [-0.3, -0.25) is 20.2 Å². The number of hydrogen-bond acceptors (Lipinski definition) is 6. The molecule has 0 heterocycles.